The quantitative estimate of drug-likeness (QED) is 0.399. The largest absolute Gasteiger partial charge is 0.454 e. The fourth-order valence-corrected chi connectivity index (χ4v) is 2.35. The number of Topliss-reactive ketones (excluding diaryl/α,β-unsaturated/α-hetero) is 1. The van der Waals surface area contributed by atoms with Crippen molar-refractivity contribution < 1.29 is 33.3 Å². The van der Waals surface area contributed by atoms with Crippen LogP contribution in [0.2, 0.25) is 0 Å². The van der Waals surface area contributed by atoms with E-state index in [0.717, 1.165) is 4.90 Å². The summed E-state index contributed by atoms with van der Waals surface area (Å²) in [5.41, 5.74) is 0.386. The van der Waals surface area contributed by atoms with Gasteiger partial charge in [-0.25, -0.2) is 4.79 Å². The first kappa shape index (κ1) is 20.5. The summed E-state index contributed by atoms with van der Waals surface area (Å²) in [7, 11) is 4.87. The zero-order valence-electron chi connectivity index (χ0n) is 16.1. The standard InChI is InChI=1S/C18H24N2O7/c1-11(17(22)13-6-7-14-15(8-13)25-10-24-14)20(5)18(23)27-12(2)26-16(21)9-19(3)4/h6-8,11-12H,9-10H2,1-5H3. The predicted octanol–water partition coefficient (Wildman–Crippen LogP) is 1.51. The van der Waals surface area contributed by atoms with Gasteiger partial charge >= 0.3 is 12.1 Å². The predicted molar refractivity (Wildman–Crippen MR) is 94.7 cm³/mol. The van der Waals surface area contributed by atoms with E-state index in [4.69, 9.17) is 18.9 Å². The summed E-state index contributed by atoms with van der Waals surface area (Å²) in [6.45, 7) is 3.19. The Hall–Kier alpha value is -2.81. The minimum absolute atomic E-state index is 0.0662. The van der Waals surface area contributed by atoms with Crippen LogP contribution in [0.4, 0.5) is 4.79 Å². The maximum atomic E-state index is 12.6. The number of hydrogen-bond donors (Lipinski definition) is 0. The molecular weight excluding hydrogens is 356 g/mol. The number of esters is 1. The maximum Gasteiger partial charge on any atom is 0.413 e. The highest BCUT2D eigenvalue weighted by molar-refractivity contribution is 6.01. The fraction of sp³-hybridized carbons (Fsp3) is 0.500. The number of ether oxygens (including phenoxy) is 4. The molecule has 148 valence electrons. The molecule has 0 aliphatic carbocycles. The maximum absolute atomic E-state index is 12.6. The third-order valence-electron chi connectivity index (χ3n) is 3.91. The average Bonchev–Trinajstić information content (AvgIpc) is 3.06. The van der Waals surface area contributed by atoms with Gasteiger partial charge in [0.05, 0.1) is 12.6 Å². The number of fused-ring (bicyclic) bond motifs is 1. The highest BCUT2D eigenvalue weighted by atomic mass is 16.7. The Balaban J connectivity index is 1.93. The molecule has 2 atom stereocenters. The molecule has 9 heteroatoms. The molecule has 1 heterocycles. The summed E-state index contributed by atoms with van der Waals surface area (Å²) in [5.74, 6) is 0.248. The van der Waals surface area contributed by atoms with Crippen LogP contribution in [0.25, 0.3) is 0 Å². The molecule has 0 bridgehead atoms. The van der Waals surface area contributed by atoms with Gasteiger partial charge in [-0.1, -0.05) is 0 Å². The Kier molecular flexibility index (Phi) is 6.62. The van der Waals surface area contributed by atoms with Gasteiger partial charge in [0.15, 0.2) is 17.3 Å². The number of hydrogen-bond acceptors (Lipinski definition) is 8. The minimum Gasteiger partial charge on any atom is -0.454 e. The van der Waals surface area contributed by atoms with Crippen molar-refractivity contribution in [1.82, 2.24) is 9.80 Å². The van der Waals surface area contributed by atoms with Crippen LogP contribution in [0, 0.1) is 0 Å². The van der Waals surface area contributed by atoms with Gasteiger partial charge in [-0.05, 0) is 39.2 Å². The SMILES string of the molecule is CC(OC(=O)CN(C)C)OC(=O)N(C)C(C)C(=O)c1ccc2c(c1)OCO2. The number of carbonyl (C=O) groups is 3. The lowest BCUT2D eigenvalue weighted by molar-refractivity contribution is -0.166. The highest BCUT2D eigenvalue weighted by Gasteiger charge is 2.27. The van der Waals surface area contributed by atoms with E-state index in [-0.39, 0.29) is 19.1 Å². The lowest BCUT2D eigenvalue weighted by atomic mass is 10.0. The normalized spacial score (nSPS) is 14.4. The first-order valence-electron chi connectivity index (χ1n) is 8.40. The van der Waals surface area contributed by atoms with Crippen molar-refractivity contribution in [3.63, 3.8) is 0 Å². The number of nitrogens with zero attached hydrogens (tertiary/aromatic N) is 2. The molecule has 2 rings (SSSR count). The van der Waals surface area contributed by atoms with Crippen LogP contribution in [-0.4, -0.2) is 74.5 Å². The molecule has 0 N–H and O–H groups in total. The molecule has 1 amide bonds. The zero-order chi connectivity index (χ0) is 20.1. The summed E-state index contributed by atoms with van der Waals surface area (Å²) in [6.07, 6.45) is -1.85. The number of likely N-dealkylation sites (N-methyl/N-ethyl adjacent to an activating group) is 2. The van der Waals surface area contributed by atoms with E-state index in [9.17, 15) is 14.4 Å². The summed E-state index contributed by atoms with van der Waals surface area (Å²) < 4.78 is 20.5. The van der Waals surface area contributed by atoms with E-state index in [1.807, 2.05) is 0 Å². The van der Waals surface area contributed by atoms with Gasteiger partial charge in [-0.15, -0.1) is 0 Å². The van der Waals surface area contributed by atoms with Gasteiger partial charge in [-0.2, -0.15) is 0 Å². The number of amides is 1. The second-order valence-corrected chi connectivity index (χ2v) is 6.40. The Bertz CT molecular complexity index is 720. The molecule has 0 saturated heterocycles. The summed E-state index contributed by atoms with van der Waals surface area (Å²) in [4.78, 5) is 39.2. The molecule has 27 heavy (non-hydrogen) atoms. The Morgan fingerprint density at radius 3 is 2.41 bits per heavy atom. The van der Waals surface area contributed by atoms with Crippen LogP contribution in [-0.2, 0) is 14.3 Å². The first-order valence-corrected chi connectivity index (χ1v) is 8.40. The summed E-state index contributed by atoms with van der Waals surface area (Å²) >= 11 is 0. The smallest absolute Gasteiger partial charge is 0.413 e. The second kappa shape index (κ2) is 8.72. The topological polar surface area (TPSA) is 94.6 Å². The van der Waals surface area contributed by atoms with Gasteiger partial charge < -0.3 is 23.8 Å². The molecule has 1 aromatic rings. The van der Waals surface area contributed by atoms with Gasteiger partial charge in [0.2, 0.25) is 13.1 Å². The van der Waals surface area contributed by atoms with E-state index < -0.39 is 24.4 Å². The van der Waals surface area contributed by atoms with E-state index in [0.29, 0.717) is 17.1 Å². The van der Waals surface area contributed by atoms with E-state index in [1.54, 1.807) is 44.1 Å². The molecular formula is C18H24N2O7. The molecule has 0 radical (unpaired) electrons. The van der Waals surface area contributed by atoms with Crippen molar-refractivity contribution in [1.29, 1.82) is 0 Å². The molecule has 1 aromatic carbocycles. The molecule has 0 aromatic heterocycles. The van der Waals surface area contributed by atoms with Crippen molar-refractivity contribution in [3.8, 4) is 11.5 Å². The number of ketones is 1. The van der Waals surface area contributed by atoms with Crippen LogP contribution in [0.1, 0.15) is 24.2 Å². The van der Waals surface area contributed by atoms with Gasteiger partial charge in [0, 0.05) is 19.5 Å². The molecule has 0 fully saturated rings. The van der Waals surface area contributed by atoms with Gasteiger partial charge in [-0.3, -0.25) is 14.5 Å². The zero-order valence-corrected chi connectivity index (χ0v) is 16.1. The highest BCUT2D eigenvalue weighted by Crippen LogP contribution is 2.33. The number of carbonyl (C=O) groups excluding carboxylic acids is 3. The molecule has 0 spiro atoms. The Morgan fingerprint density at radius 2 is 1.74 bits per heavy atom. The fourth-order valence-electron chi connectivity index (χ4n) is 2.35. The van der Waals surface area contributed by atoms with Crippen molar-refractivity contribution in [2.45, 2.75) is 26.2 Å². The van der Waals surface area contributed by atoms with Crippen molar-refractivity contribution in [2.75, 3.05) is 34.5 Å². The summed E-state index contributed by atoms with van der Waals surface area (Å²) in [6, 6.07) is 4.04. The molecule has 0 saturated carbocycles. The van der Waals surface area contributed by atoms with E-state index in [1.165, 1.54) is 14.0 Å². The lowest BCUT2D eigenvalue weighted by Crippen LogP contribution is -2.42. The van der Waals surface area contributed by atoms with Crippen molar-refractivity contribution in [2.24, 2.45) is 0 Å². The van der Waals surface area contributed by atoms with E-state index >= 15 is 0 Å². The third-order valence-corrected chi connectivity index (χ3v) is 3.91. The monoisotopic (exact) mass is 380 g/mol. The van der Waals surface area contributed by atoms with Crippen LogP contribution >= 0.6 is 0 Å². The Labute approximate surface area is 157 Å². The van der Waals surface area contributed by atoms with Crippen LogP contribution in [0.15, 0.2) is 18.2 Å². The van der Waals surface area contributed by atoms with Crippen LogP contribution < -0.4 is 9.47 Å². The lowest BCUT2D eigenvalue weighted by Gasteiger charge is -2.25. The second-order valence-electron chi connectivity index (χ2n) is 6.40. The first-order chi connectivity index (χ1) is 12.7. The molecule has 1 aliphatic rings. The summed E-state index contributed by atoms with van der Waals surface area (Å²) in [5, 5.41) is 0. The van der Waals surface area contributed by atoms with Crippen molar-refractivity contribution >= 4 is 17.8 Å². The molecule has 1 aliphatic heterocycles. The number of rotatable bonds is 7. The Morgan fingerprint density at radius 1 is 1.07 bits per heavy atom. The molecule has 2 unspecified atom stereocenters. The van der Waals surface area contributed by atoms with Gasteiger partial charge in [0.1, 0.15) is 0 Å². The van der Waals surface area contributed by atoms with Crippen LogP contribution in [0.3, 0.4) is 0 Å². The van der Waals surface area contributed by atoms with E-state index in [2.05, 4.69) is 0 Å². The third kappa shape index (κ3) is 5.33. The average molecular weight is 380 g/mol. The number of benzene rings is 1. The van der Waals surface area contributed by atoms with Gasteiger partial charge in [0.25, 0.3) is 0 Å². The van der Waals surface area contributed by atoms with Crippen molar-refractivity contribution in [3.05, 3.63) is 23.8 Å². The molecule has 9 nitrogen and oxygen atoms in total. The minimum atomic E-state index is -1.07. The van der Waals surface area contributed by atoms with Crippen LogP contribution in [0.5, 0.6) is 11.5 Å².